The summed E-state index contributed by atoms with van der Waals surface area (Å²) in [5, 5.41) is 1.05. The van der Waals surface area contributed by atoms with Crippen molar-refractivity contribution in [1.29, 1.82) is 0 Å². The highest BCUT2D eigenvalue weighted by Crippen LogP contribution is 2.28. The predicted octanol–water partition coefficient (Wildman–Crippen LogP) is 4.44. The Morgan fingerprint density at radius 2 is 1.63 bits per heavy atom. The van der Waals surface area contributed by atoms with E-state index in [1.807, 2.05) is 37.3 Å². The fourth-order valence-electron chi connectivity index (χ4n) is 1.84. The molecule has 0 fully saturated rings. The van der Waals surface area contributed by atoms with Crippen molar-refractivity contribution >= 4 is 23.2 Å². The van der Waals surface area contributed by atoms with E-state index in [2.05, 4.69) is 0 Å². The lowest BCUT2D eigenvalue weighted by Gasteiger charge is -2.14. The molecule has 0 radical (unpaired) electrons. The van der Waals surface area contributed by atoms with E-state index in [0.29, 0.717) is 16.7 Å². The van der Waals surface area contributed by atoms with Gasteiger partial charge in [-0.2, -0.15) is 0 Å². The zero-order valence-electron chi connectivity index (χ0n) is 10.6. The Kier molecular flexibility index (Phi) is 4.70. The maximum absolute atomic E-state index is 6.22. The summed E-state index contributed by atoms with van der Waals surface area (Å²) in [4.78, 5) is 0. The van der Waals surface area contributed by atoms with E-state index in [-0.39, 0.29) is 6.04 Å². The van der Waals surface area contributed by atoms with Crippen LogP contribution in [0.5, 0.6) is 5.75 Å². The Balaban J connectivity index is 2.22. The Hall–Kier alpha value is -1.22. The first-order chi connectivity index (χ1) is 9.11. The first-order valence-electron chi connectivity index (χ1n) is 6.05. The summed E-state index contributed by atoms with van der Waals surface area (Å²) in [6.45, 7) is 2.60. The molecule has 2 aromatic rings. The summed E-state index contributed by atoms with van der Waals surface area (Å²) in [5.41, 5.74) is 8.15. The topological polar surface area (TPSA) is 35.2 Å². The molecule has 0 aliphatic heterocycles. The van der Waals surface area contributed by atoms with Crippen LogP contribution in [0.25, 0.3) is 0 Å². The van der Waals surface area contributed by atoms with Crippen LogP contribution >= 0.6 is 23.2 Å². The molecule has 1 atom stereocenters. The SMILES string of the molecule is CCOc1ccc(C(N)c2ccc(Cl)c(Cl)c2)cc1. The number of nitrogens with two attached hydrogens (primary N) is 1. The number of hydrogen-bond acceptors (Lipinski definition) is 2. The molecule has 2 N–H and O–H groups in total. The minimum atomic E-state index is -0.231. The number of rotatable bonds is 4. The van der Waals surface area contributed by atoms with Crippen LogP contribution in [0.15, 0.2) is 42.5 Å². The van der Waals surface area contributed by atoms with Gasteiger partial charge in [0, 0.05) is 0 Å². The van der Waals surface area contributed by atoms with Gasteiger partial charge in [-0.15, -0.1) is 0 Å². The summed E-state index contributed by atoms with van der Waals surface area (Å²) in [6, 6.07) is 12.9. The average Bonchev–Trinajstić information content (AvgIpc) is 2.42. The summed E-state index contributed by atoms with van der Waals surface area (Å²) >= 11 is 11.9. The minimum Gasteiger partial charge on any atom is -0.494 e. The van der Waals surface area contributed by atoms with Crippen molar-refractivity contribution in [2.45, 2.75) is 13.0 Å². The molecule has 0 aromatic heterocycles. The Morgan fingerprint density at radius 3 is 2.21 bits per heavy atom. The van der Waals surface area contributed by atoms with E-state index in [1.54, 1.807) is 12.1 Å². The summed E-state index contributed by atoms with van der Waals surface area (Å²) < 4.78 is 5.40. The fraction of sp³-hybridized carbons (Fsp3) is 0.200. The molecule has 0 saturated heterocycles. The molecular formula is C15H15Cl2NO. The fourth-order valence-corrected chi connectivity index (χ4v) is 2.14. The van der Waals surface area contributed by atoms with Crippen LogP contribution in [0.4, 0.5) is 0 Å². The largest absolute Gasteiger partial charge is 0.494 e. The molecule has 0 heterocycles. The lowest BCUT2D eigenvalue weighted by atomic mass is 10.00. The standard InChI is InChI=1S/C15H15Cl2NO/c1-2-19-12-6-3-10(4-7-12)15(18)11-5-8-13(16)14(17)9-11/h3-9,15H,2,18H2,1H3. The molecule has 0 aliphatic rings. The normalized spacial score (nSPS) is 12.2. The van der Waals surface area contributed by atoms with Crippen molar-refractivity contribution in [3.05, 3.63) is 63.6 Å². The van der Waals surface area contributed by atoms with Gasteiger partial charge in [-0.25, -0.2) is 0 Å². The molecule has 1 unspecified atom stereocenters. The van der Waals surface area contributed by atoms with Gasteiger partial charge in [0.2, 0.25) is 0 Å². The van der Waals surface area contributed by atoms with Crippen LogP contribution in [0, 0.1) is 0 Å². The Bertz CT molecular complexity index is 555. The molecule has 0 amide bonds. The van der Waals surface area contributed by atoms with Crippen LogP contribution in [0.3, 0.4) is 0 Å². The second-order valence-electron chi connectivity index (χ2n) is 4.15. The number of halogens is 2. The van der Waals surface area contributed by atoms with Crippen LogP contribution < -0.4 is 10.5 Å². The first kappa shape index (κ1) is 14.2. The van der Waals surface area contributed by atoms with Crippen molar-refractivity contribution in [2.75, 3.05) is 6.61 Å². The van der Waals surface area contributed by atoms with Gasteiger partial charge in [-0.1, -0.05) is 41.4 Å². The van der Waals surface area contributed by atoms with Crippen LogP contribution in [-0.4, -0.2) is 6.61 Å². The average molecular weight is 296 g/mol. The van der Waals surface area contributed by atoms with Gasteiger partial charge in [-0.3, -0.25) is 0 Å². The molecular weight excluding hydrogens is 281 g/mol. The van der Waals surface area contributed by atoms with Crippen LogP contribution in [0.1, 0.15) is 24.1 Å². The second-order valence-corrected chi connectivity index (χ2v) is 4.97. The van der Waals surface area contributed by atoms with Crippen molar-refractivity contribution in [3.63, 3.8) is 0 Å². The van der Waals surface area contributed by atoms with Gasteiger partial charge < -0.3 is 10.5 Å². The number of ether oxygens (including phenoxy) is 1. The van der Waals surface area contributed by atoms with Crippen molar-refractivity contribution in [2.24, 2.45) is 5.73 Å². The second kappa shape index (κ2) is 6.29. The van der Waals surface area contributed by atoms with E-state index in [0.717, 1.165) is 16.9 Å². The van der Waals surface area contributed by atoms with E-state index in [9.17, 15) is 0 Å². The molecule has 2 nitrogen and oxygen atoms in total. The van der Waals surface area contributed by atoms with Crippen LogP contribution in [0.2, 0.25) is 10.0 Å². The maximum Gasteiger partial charge on any atom is 0.119 e. The quantitative estimate of drug-likeness (QED) is 0.905. The van der Waals surface area contributed by atoms with E-state index in [4.69, 9.17) is 33.7 Å². The molecule has 0 bridgehead atoms. The molecule has 0 spiro atoms. The third-order valence-electron chi connectivity index (χ3n) is 2.85. The molecule has 0 aliphatic carbocycles. The highest BCUT2D eigenvalue weighted by atomic mass is 35.5. The minimum absolute atomic E-state index is 0.231. The molecule has 100 valence electrons. The monoisotopic (exact) mass is 295 g/mol. The molecule has 4 heteroatoms. The van der Waals surface area contributed by atoms with E-state index < -0.39 is 0 Å². The van der Waals surface area contributed by atoms with Crippen molar-refractivity contribution in [3.8, 4) is 5.75 Å². The molecule has 19 heavy (non-hydrogen) atoms. The van der Waals surface area contributed by atoms with Gasteiger partial charge in [0.25, 0.3) is 0 Å². The summed E-state index contributed by atoms with van der Waals surface area (Å²) in [7, 11) is 0. The third kappa shape index (κ3) is 3.41. The molecule has 2 aromatic carbocycles. The van der Waals surface area contributed by atoms with Crippen molar-refractivity contribution < 1.29 is 4.74 Å². The summed E-state index contributed by atoms with van der Waals surface area (Å²) in [6.07, 6.45) is 0. The van der Waals surface area contributed by atoms with E-state index in [1.165, 1.54) is 0 Å². The third-order valence-corrected chi connectivity index (χ3v) is 3.59. The zero-order chi connectivity index (χ0) is 13.8. The van der Waals surface area contributed by atoms with Crippen LogP contribution in [-0.2, 0) is 0 Å². The molecule has 2 rings (SSSR count). The van der Waals surface area contributed by atoms with Crippen molar-refractivity contribution in [1.82, 2.24) is 0 Å². The number of hydrogen-bond donors (Lipinski definition) is 1. The van der Waals surface area contributed by atoms with Gasteiger partial charge >= 0.3 is 0 Å². The Labute approximate surface area is 123 Å². The highest BCUT2D eigenvalue weighted by molar-refractivity contribution is 6.42. The first-order valence-corrected chi connectivity index (χ1v) is 6.80. The lowest BCUT2D eigenvalue weighted by Crippen LogP contribution is -2.11. The van der Waals surface area contributed by atoms with E-state index >= 15 is 0 Å². The smallest absolute Gasteiger partial charge is 0.119 e. The number of benzene rings is 2. The zero-order valence-corrected chi connectivity index (χ0v) is 12.1. The lowest BCUT2D eigenvalue weighted by molar-refractivity contribution is 0.340. The summed E-state index contributed by atoms with van der Waals surface area (Å²) in [5.74, 6) is 0.840. The van der Waals surface area contributed by atoms with Gasteiger partial charge in [0.1, 0.15) is 5.75 Å². The van der Waals surface area contributed by atoms with Gasteiger partial charge in [0.05, 0.1) is 22.7 Å². The predicted molar refractivity (Wildman–Crippen MR) is 80.1 cm³/mol. The maximum atomic E-state index is 6.22. The van der Waals surface area contributed by atoms with Gasteiger partial charge in [0.15, 0.2) is 0 Å². The van der Waals surface area contributed by atoms with Gasteiger partial charge in [-0.05, 0) is 42.3 Å². The Morgan fingerprint density at radius 1 is 1.00 bits per heavy atom. The highest BCUT2D eigenvalue weighted by Gasteiger charge is 2.10. The molecule has 0 saturated carbocycles.